The van der Waals surface area contributed by atoms with Gasteiger partial charge in [0.25, 0.3) is 0 Å². The topological polar surface area (TPSA) is 12.0 Å². The SMILES string of the molecule is CC1(C)c2cc(Nc3cccc4sc5ccccc5c34)ccc2-c2ccc(-c3ccccc3)cc21. The molecule has 2 heteroatoms. The van der Waals surface area contributed by atoms with E-state index in [-0.39, 0.29) is 5.41 Å². The highest BCUT2D eigenvalue weighted by atomic mass is 32.1. The van der Waals surface area contributed by atoms with Gasteiger partial charge in [0.1, 0.15) is 0 Å². The van der Waals surface area contributed by atoms with Crippen molar-refractivity contribution < 1.29 is 0 Å². The number of thiophene rings is 1. The summed E-state index contributed by atoms with van der Waals surface area (Å²) >= 11 is 1.86. The summed E-state index contributed by atoms with van der Waals surface area (Å²) in [4.78, 5) is 0. The zero-order chi connectivity index (χ0) is 23.6. The van der Waals surface area contributed by atoms with Crippen LogP contribution < -0.4 is 5.32 Å². The minimum atomic E-state index is -0.0613. The lowest BCUT2D eigenvalue weighted by atomic mass is 9.81. The Labute approximate surface area is 209 Å². The highest BCUT2D eigenvalue weighted by molar-refractivity contribution is 7.25. The molecule has 0 unspecified atom stereocenters. The molecule has 1 nitrogen and oxygen atoms in total. The summed E-state index contributed by atoms with van der Waals surface area (Å²) in [5.41, 5.74) is 10.3. The molecule has 0 fully saturated rings. The Morgan fingerprint density at radius 1 is 0.600 bits per heavy atom. The molecule has 0 radical (unpaired) electrons. The second kappa shape index (κ2) is 7.56. The molecule has 1 aliphatic rings. The summed E-state index contributed by atoms with van der Waals surface area (Å²) in [5.74, 6) is 0. The zero-order valence-corrected chi connectivity index (χ0v) is 20.6. The molecule has 0 bridgehead atoms. The van der Waals surface area contributed by atoms with Crippen LogP contribution in [0.1, 0.15) is 25.0 Å². The van der Waals surface area contributed by atoms with Crippen LogP contribution in [0.25, 0.3) is 42.4 Å². The normalized spacial score (nSPS) is 13.7. The molecule has 1 N–H and O–H groups in total. The molecule has 6 aromatic rings. The number of benzene rings is 5. The minimum absolute atomic E-state index is 0.0613. The van der Waals surface area contributed by atoms with Gasteiger partial charge in [0.15, 0.2) is 0 Å². The fraction of sp³-hybridized carbons (Fsp3) is 0.0909. The van der Waals surface area contributed by atoms with Crippen molar-refractivity contribution >= 4 is 42.9 Å². The quantitative estimate of drug-likeness (QED) is 0.273. The second-order valence-electron chi connectivity index (χ2n) is 9.91. The van der Waals surface area contributed by atoms with Gasteiger partial charge in [-0.25, -0.2) is 0 Å². The molecular weight excluding hydrogens is 442 g/mol. The number of hydrogen-bond donors (Lipinski definition) is 1. The average molecular weight is 468 g/mol. The highest BCUT2D eigenvalue weighted by Crippen LogP contribution is 2.50. The molecule has 0 saturated heterocycles. The van der Waals surface area contributed by atoms with Crippen molar-refractivity contribution in [2.45, 2.75) is 19.3 Å². The molecule has 1 heterocycles. The highest BCUT2D eigenvalue weighted by Gasteiger charge is 2.35. The molecule has 0 atom stereocenters. The first-order valence-corrected chi connectivity index (χ1v) is 12.9. The maximum Gasteiger partial charge on any atom is 0.0478 e. The van der Waals surface area contributed by atoms with E-state index in [0.29, 0.717) is 0 Å². The van der Waals surface area contributed by atoms with Crippen LogP contribution in [-0.4, -0.2) is 0 Å². The van der Waals surface area contributed by atoms with E-state index < -0.39 is 0 Å². The molecule has 7 rings (SSSR count). The third-order valence-corrected chi connectivity index (χ3v) is 8.60. The Kier molecular flexibility index (Phi) is 4.43. The van der Waals surface area contributed by atoms with E-state index >= 15 is 0 Å². The lowest BCUT2D eigenvalue weighted by Crippen LogP contribution is -2.15. The smallest absolute Gasteiger partial charge is 0.0478 e. The summed E-state index contributed by atoms with van der Waals surface area (Å²) in [7, 11) is 0. The van der Waals surface area contributed by atoms with E-state index in [1.807, 2.05) is 11.3 Å². The van der Waals surface area contributed by atoms with Gasteiger partial charge in [0, 0.05) is 37.0 Å². The van der Waals surface area contributed by atoms with Crippen LogP contribution in [-0.2, 0) is 5.41 Å². The fourth-order valence-corrected chi connectivity index (χ4v) is 6.79. The molecular formula is C33H25NS. The van der Waals surface area contributed by atoms with Gasteiger partial charge in [-0.3, -0.25) is 0 Å². The monoisotopic (exact) mass is 467 g/mol. The number of rotatable bonds is 3. The maximum absolute atomic E-state index is 3.76. The third-order valence-electron chi connectivity index (χ3n) is 7.46. The van der Waals surface area contributed by atoms with E-state index in [9.17, 15) is 0 Å². The Bertz CT molecular complexity index is 1740. The summed E-state index contributed by atoms with van der Waals surface area (Å²) in [6.45, 7) is 4.70. The van der Waals surface area contributed by atoms with Crippen molar-refractivity contribution in [2.75, 3.05) is 5.32 Å². The average Bonchev–Trinajstić information content (AvgIpc) is 3.38. The number of anilines is 2. The van der Waals surface area contributed by atoms with Crippen LogP contribution in [0.4, 0.5) is 11.4 Å². The predicted molar refractivity (Wildman–Crippen MR) is 152 cm³/mol. The summed E-state index contributed by atoms with van der Waals surface area (Å²) in [5, 5.41) is 6.39. The molecule has 1 aliphatic carbocycles. The summed E-state index contributed by atoms with van der Waals surface area (Å²) in [6.07, 6.45) is 0. The Morgan fingerprint density at radius 2 is 1.31 bits per heavy atom. The Balaban J connectivity index is 1.31. The van der Waals surface area contributed by atoms with Gasteiger partial charge in [-0.05, 0) is 69.8 Å². The van der Waals surface area contributed by atoms with Crippen LogP contribution in [0.5, 0.6) is 0 Å². The molecule has 35 heavy (non-hydrogen) atoms. The number of fused-ring (bicyclic) bond motifs is 6. The zero-order valence-electron chi connectivity index (χ0n) is 19.8. The van der Waals surface area contributed by atoms with Crippen molar-refractivity contribution in [3.8, 4) is 22.3 Å². The van der Waals surface area contributed by atoms with Gasteiger partial charge in [0.05, 0.1) is 0 Å². The second-order valence-corrected chi connectivity index (χ2v) is 11.0. The lowest BCUT2D eigenvalue weighted by molar-refractivity contribution is 0.661. The largest absolute Gasteiger partial charge is 0.355 e. The van der Waals surface area contributed by atoms with E-state index in [4.69, 9.17) is 0 Å². The predicted octanol–water partition coefficient (Wildman–Crippen LogP) is 9.77. The van der Waals surface area contributed by atoms with Crippen molar-refractivity contribution in [1.29, 1.82) is 0 Å². The van der Waals surface area contributed by atoms with Crippen LogP contribution in [0, 0.1) is 0 Å². The van der Waals surface area contributed by atoms with Crippen LogP contribution in [0.2, 0.25) is 0 Å². The minimum Gasteiger partial charge on any atom is -0.355 e. The van der Waals surface area contributed by atoms with Crippen LogP contribution in [0.15, 0.2) is 109 Å². The first-order valence-electron chi connectivity index (χ1n) is 12.1. The van der Waals surface area contributed by atoms with Crippen molar-refractivity contribution in [1.82, 2.24) is 0 Å². The molecule has 0 aliphatic heterocycles. The van der Waals surface area contributed by atoms with Crippen molar-refractivity contribution in [3.05, 3.63) is 120 Å². The van der Waals surface area contributed by atoms with Gasteiger partial charge in [0.2, 0.25) is 0 Å². The first kappa shape index (κ1) is 20.5. The van der Waals surface area contributed by atoms with E-state index in [0.717, 1.165) is 5.69 Å². The molecule has 0 spiro atoms. The van der Waals surface area contributed by atoms with Gasteiger partial charge < -0.3 is 5.32 Å². The Hall–Kier alpha value is -3.88. The van der Waals surface area contributed by atoms with E-state index in [1.54, 1.807) is 0 Å². The van der Waals surface area contributed by atoms with Crippen LogP contribution >= 0.6 is 11.3 Å². The molecule has 5 aromatic carbocycles. The van der Waals surface area contributed by atoms with E-state index in [2.05, 4.69) is 128 Å². The van der Waals surface area contributed by atoms with Gasteiger partial charge in [-0.2, -0.15) is 0 Å². The third kappa shape index (κ3) is 3.14. The fourth-order valence-electron chi connectivity index (χ4n) is 5.66. The first-order chi connectivity index (χ1) is 17.1. The summed E-state index contributed by atoms with van der Waals surface area (Å²) < 4.78 is 2.65. The molecule has 0 saturated carbocycles. The van der Waals surface area contributed by atoms with Gasteiger partial charge >= 0.3 is 0 Å². The number of hydrogen-bond acceptors (Lipinski definition) is 2. The van der Waals surface area contributed by atoms with Crippen molar-refractivity contribution in [2.24, 2.45) is 0 Å². The van der Waals surface area contributed by atoms with Gasteiger partial charge in [-0.15, -0.1) is 11.3 Å². The van der Waals surface area contributed by atoms with Crippen molar-refractivity contribution in [3.63, 3.8) is 0 Å². The molecule has 1 aromatic heterocycles. The number of nitrogens with one attached hydrogen (secondary N) is 1. The molecule has 0 amide bonds. The molecule has 168 valence electrons. The standard InChI is InChI=1S/C33H25NS/c1-33(2)27-19-22(21-9-4-3-5-10-21)15-17-24(27)25-18-16-23(20-28(25)33)34-29-12-8-14-31-32(29)26-11-6-7-13-30(26)35-31/h3-20,34H,1-2H3. The van der Waals surface area contributed by atoms with E-state index in [1.165, 1.54) is 59.2 Å². The maximum atomic E-state index is 3.76. The van der Waals surface area contributed by atoms with Gasteiger partial charge in [-0.1, -0.05) is 86.6 Å². The lowest BCUT2D eigenvalue weighted by Gasteiger charge is -2.23. The Morgan fingerprint density at radius 3 is 2.17 bits per heavy atom. The summed E-state index contributed by atoms with van der Waals surface area (Å²) in [6, 6.07) is 39.7. The van der Waals surface area contributed by atoms with Crippen LogP contribution in [0.3, 0.4) is 0 Å².